The molecule has 0 saturated carbocycles. The fourth-order valence-corrected chi connectivity index (χ4v) is 3.36. The smallest absolute Gasteiger partial charge is 0.167 e. The minimum Gasteiger partial charge on any atom is -0.394 e. The third-order valence-corrected chi connectivity index (χ3v) is 4.86. The summed E-state index contributed by atoms with van der Waals surface area (Å²) in [6.45, 7) is 3.74. The molecule has 11 nitrogen and oxygen atoms in total. The van der Waals surface area contributed by atoms with E-state index in [2.05, 4.69) is 20.6 Å². The molecule has 2 aromatic rings. The van der Waals surface area contributed by atoms with Crippen molar-refractivity contribution in [2.45, 2.75) is 44.4 Å². The van der Waals surface area contributed by atoms with E-state index in [9.17, 15) is 10.2 Å². The number of fused-ring (bicyclic) bond motifs is 1. The highest BCUT2D eigenvalue weighted by Crippen LogP contribution is 2.43. The normalized spacial score (nSPS) is 28.0. The highest BCUT2D eigenvalue weighted by molar-refractivity contribution is 5.90. The summed E-state index contributed by atoms with van der Waals surface area (Å²) in [5.41, 5.74) is 10.1. The highest BCUT2D eigenvalue weighted by atomic mass is 16.6. The number of aromatic nitrogens is 3. The van der Waals surface area contributed by atoms with Gasteiger partial charge in [0, 0.05) is 18.9 Å². The van der Waals surface area contributed by atoms with Gasteiger partial charge >= 0.3 is 0 Å². The number of methoxy groups -OCH3 is 1. The lowest BCUT2D eigenvalue weighted by atomic mass is 9.96. The van der Waals surface area contributed by atoms with E-state index in [0.717, 1.165) is 0 Å². The predicted molar refractivity (Wildman–Crippen MR) is 94.0 cm³/mol. The van der Waals surface area contributed by atoms with Crippen molar-refractivity contribution >= 4 is 16.9 Å². The molecular weight excluding hydrogens is 356 g/mol. The largest absolute Gasteiger partial charge is 0.394 e. The predicted octanol–water partition coefficient (Wildman–Crippen LogP) is 0.981. The topological polar surface area (TPSA) is 147 Å². The molecule has 0 spiro atoms. The van der Waals surface area contributed by atoms with Crippen molar-refractivity contribution in [3.8, 4) is 0 Å². The number of nitrogens with one attached hydrogen (secondary N) is 2. The van der Waals surface area contributed by atoms with Crippen molar-refractivity contribution in [2.75, 3.05) is 25.8 Å². The maximum atomic E-state index is 10.6. The van der Waals surface area contributed by atoms with Gasteiger partial charge in [-0.1, -0.05) is 0 Å². The van der Waals surface area contributed by atoms with E-state index in [-0.39, 0.29) is 13.2 Å². The molecule has 0 radical (unpaired) electrons. The molecule has 1 aliphatic heterocycles. The maximum Gasteiger partial charge on any atom is 0.167 e. The van der Waals surface area contributed by atoms with Gasteiger partial charge in [0.05, 0.1) is 25.1 Å². The Hall–Kier alpha value is -2.18. The summed E-state index contributed by atoms with van der Waals surface area (Å²) in [5.74, 6) is 0.440. The van der Waals surface area contributed by atoms with Crippen molar-refractivity contribution < 1.29 is 24.5 Å². The molecule has 4 atom stereocenters. The Morgan fingerprint density at radius 2 is 2.26 bits per heavy atom. The molecule has 0 amide bonds. The van der Waals surface area contributed by atoms with Crippen LogP contribution in [0.2, 0.25) is 0 Å². The first-order chi connectivity index (χ1) is 13.0. The summed E-state index contributed by atoms with van der Waals surface area (Å²) >= 11 is 0. The second-order valence-corrected chi connectivity index (χ2v) is 6.38. The Bertz CT molecular complexity index is 814. The zero-order chi connectivity index (χ0) is 19.6. The first-order valence-electron chi connectivity index (χ1n) is 8.56. The molecule has 3 rings (SSSR count). The maximum absolute atomic E-state index is 10.6. The number of rotatable bonds is 8. The Morgan fingerprint density at radius 1 is 1.48 bits per heavy atom. The first kappa shape index (κ1) is 19.6. The molecule has 0 bridgehead atoms. The number of aliphatic hydroxyl groups excluding tert-OH is 2. The van der Waals surface area contributed by atoms with Crippen molar-refractivity contribution in [1.29, 1.82) is 5.53 Å². The van der Waals surface area contributed by atoms with Crippen molar-refractivity contribution in [3.63, 3.8) is 0 Å². The third-order valence-electron chi connectivity index (χ3n) is 4.86. The number of nitrogens with zero attached hydrogens (tertiary/aromatic N) is 4. The van der Waals surface area contributed by atoms with Gasteiger partial charge in [-0.3, -0.25) is 4.84 Å². The fraction of sp³-hybridized carbons (Fsp3) is 0.625. The van der Waals surface area contributed by atoms with Crippen molar-refractivity contribution in [1.82, 2.24) is 14.5 Å². The second-order valence-electron chi connectivity index (χ2n) is 6.38. The molecule has 1 fully saturated rings. The minimum absolute atomic E-state index is 0.111. The molecular formula is C16H24N6O5. The van der Waals surface area contributed by atoms with Crippen LogP contribution < -0.4 is 5.48 Å². The lowest BCUT2D eigenvalue weighted by Gasteiger charge is -2.31. The molecule has 4 N–H and O–H groups in total. The molecule has 1 aliphatic rings. The van der Waals surface area contributed by atoms with Gasteiger partial charge in [0.25, 0.3) is 0 Å². The lowest BCUT2D eigenvalue weighted by molar-refractivity contribution is -0.118. The molecule has 11 heteroatoms. The van der Waals surface area contributed by atoms with Crippen LogP contribution in [0.1, 0.15) is 25.6 Å². The number of hydrogen-bond donors (Lipinski definition) is 4. The van der Waals surface area contributed by atoms with Gasteiger partial charge in [-0.25, -0.2) is 21.0 Å². The van der Waals surface area contributed by atoms with Gasteiger partial charge in [0.15, 0.2) is 12.0 Å². The molecule has 148 valence electrons. The van der Waals surface area contributed by atoms with Gasteiger partial charge in [0.1, 0.15) is 29.8 Å². The summed E-state index contributed by atoms with van der Waals surface area (Å²) in [7, 11) is 1.47. The first-order valence-corrected chi connectivity index (χ1v) is 8.56. The molecule has 2 unspecified atom stereocenters. The molecule has 3 heterocycles. The van der Waals surface area contributed by atoms with E-state index < -0.39 is 24.0 Å². The van der Waals surface area contributed by atoms with Crippen molar-refractivity contribution in [2.24, 2.45) is 5.11 Å². The minimum atomic E-state index is -1.12. The highest BCUT2D eigenvalue weighted by Gasteiger charge is 2.54. The van der Waals surface area contributed by atoms with E-state index >= 15 is 0 Å². The fourth-order valence-electron chi connectivity index (χ4n) is 3.36. The van der Waals surface area contributed by atoms with Gasteiger partial charge in [-0.2, -0.15) is 5.11 Å². The van der Waals surface area contributed by atoms with E-state index in [1.165, 1.54) is 13.4 Å². The van der Waals surface area contributed by atoms with E-state index in [4.69, 9.17) is 19.8 Å². The Balaban J connectivity index is 2.15. The van der Waals surface area contributed by atoms with Crippen LogP contribution in [-0.2, 0) is 20.9 Å². The summed E-state index contributed by atoms with van der Waals surface area (Å²) in [5, 5.41) is 24.2. The number of hydrogen-bond acceptors (Lipinski definition) is 10. The van der Waals surface area contributed by atoms with Crippen molar-refractivity contribution in [3.05, 3.63) is 18.1 Å². The SMILES string of the molecule is CCONc1ncnc2c1c(CN=N)cn2[C@@H]1OC(CO)C(O)[C@@]1(C)OC. The Kier molecular flexibility index (Phi) is 5.67. The van der Waals surface area contributed by atoms with Crippen LogP contribution in [0.25, 0.3) is 11.0 Å². The Labute approximate surface area is 155 Å². The van der Waals surface area contributed by atoms with Gasteiger partial charge < -0.3 is 24.3 Å². The average molecular weight is 380 g/mol. The summed E-state index contributed by atoms with van der Waals surface area (Å²) in [4.78, 5) is 13.8. The second kappa shape index (κ2) is 7.82. The van der Waals surface area contributed by atoms with Crippen LogP contribution in [0, 0.1) is 5.53 Å². The molecule has 2 aromatic heterocycles. The van der Waals surface area contributed by atoms with Crippen LogP contribution in [0.5, 0.6) is 0 Å². The zero-order valence-electron chi connectivity index (χ0n) is 15.4. The van der Waals surface area contributed by atoms with Crippen LogP contribution in [0.15, 0.2) is 17.6 Å². The standard InChI is InChI=1S/C16H24N6O5/c1-4-26-21-13-11-9(5-20-17)6-22(14(11)19-8-18-13)15-16(2,25-3)12(24)10(7-23)27-15/h6,8,10,12,15,17,23-24H,4-5,7H2,1-3H3,(H,18,19,21)/t10?,12?,15-,16-/m1/s1. The molecule has 0 aromatic carbocycles. The summed E-state index contributed by atoms with van der Waals surface area (Å²) in [6, 6.07) is 0. The van der Waals surface area contributed by atoms with Crippen LogP contribution in [0.3, 0.4) is 0 Å². The molecule has 27 heavy (non-hydrogen) atoms. The van der Waals surface area contributed by atoms with Crippen LogP contribution in [0.4, 0.5) is 5.82 Å². The number of anilines is 1. The number of aliphatic hydroxyl groups is 2. The monoisotopic (exact) mass is 380 g/mol. The van der Waals surface area contributed by atoms with E-state index in [1.807, 2.05) is 6.92 Å². The van der Waals surface area contributed by atoms with Crippen LogP contribution in [-0.4, -0.2) is 62.9 Å². The third kappa shape index (κ3) is 3.17. The van der Waals surface area contributed by atoms with E-state index in [0.29, 0.717) is 29.0 Å². The van der Waals surface area contributed by atoms with Crippen LogP contribution >= 0.6 is 0 Å². The lowest BCUT2D eigenvalue weighted by Crippen LogP contribution is -2.46. The summed E-state index contributed by atoms with van der Waals surface area (Å²) in [6.07, 6.45) is 0.516. The molecule has 0 aliphatic carbocycles. The van der Waals surface area contributed by atoms with Gasteiger partial charge in [0.2, 0.25) is 0 Å². The summed E-state index contributed by atoms with van der Waals surface area (Å²) < 4.78 is 13.2. The van der Waals surface area contributed by atoms with Gasteiger partial charge in [-0.15, -0.1) is 0 Å². The van der Waals surface area contributed by atoms with E-state index in [1.54, 1.807) is 17.7 Å². The average Bonchev–Trinajstić information content (AvgIpc) is 3.17. The number of ether oxygens (including phenoxy) is 2. The Morgan fingerprint density at radius 3 is 2.89 bits per heavy atom. The van der Waals surface area contributed by atoms with Gasteiger partial charge in [-0.05, 0) is 13.8 Å². The zero-order valence-corrected chi connectivity index (χ0v) is 15.4. The molecule has 1 saturated heterocycles. The quantitative estimate of drug-likeness (QED) is 0.391.